The van der Waals surface area contributed by atoms with Crippen molar-refractivity contribution in [2.45, 2.75) is 49.7 Å². The van der Waals surface area contributed by atoms with Crippen molar-refractivity contribution in [2.75, 3.05) is 26.7 Å². The summed E-state index contributed by atoms with van der Waals surface area (Å²) in [5.74, 6) is 0. The van der Waals surface area contributed by atoms with E-state index in [1.807, 2.05) is 12.1 Å². The first kappa shape index (κ1) is 22.0. The van der Waals surface area contributed by atoms with Gasteiger partial charge in [0.25, 0.3) is 0 Å². The van der Waals surface area contributed by atoms with E-state index in [1.54, 1.807) is 6.07 Å². The summed E-state index contributed by atoms with van der Waals surface area (Å²) in [5, 5.41) is 0. The Kier molecular flexibility index (Phi) is 6.95. The van der Waals surface area contributed by atoms with Gasteiger partial charge in [0.05, 0.1) is 4.90 Å². The Morgan fingerprint density at radius 2 is 1.90 bits per heavy atom. The van der Waals surface area contributed by atoms with E-state index in [2.05, 4.69) is 61.8 Å². The maximum Gasteiger partial charge on any atom is 0.240 e. The molecule has 0 bridgehead atoms. The van der Waals surface area contributed by atoms with Gasteiger partial charge in [0.15, 0.2) is 0 Å². The molecule has 1 atom stereocenters. The third-order valence-corrected chi connectivity index (χ3v) is 8.33. The van der Waals surface area contributed by atoms with Gasteiger partial charge in [-0.25, -0.2) is 13.1 Å². The summed E-state index contributed by atoms with van der Waals surface area (Å²) in [5.41, 5.74) is 3.65. The number of hydrogen-bond donors (Lipinski definition) is 1. The molecule has 0 radical (unpaired) electrons. The fourth-order valence-electron chi connectivity index (χ4n) is 4.53. The molecular formula is C23H30BrN3O2S. The van der Waals surface area contributed by atoms with Crippen LogP contribution in [0.2, 0.25) is 0 Å². The molecule has 1 saturated heterocycles. The quantitative estimate of drug-likeness (QED) is 0.640. The molecule has 2 heterocycles. The summed E-state index contributed by atoms with van der Waals surface area (Å²) >= 11 is 3.48. The van der Waals surface area contributed by atoms with Gasteiger partial charge in [-0.3, -0.25) is 4.90 Å². The van der Waals surface area contributed by atoms with E-state index in [-0.39, 0.29) is 0 Å². The molecule has 162 valence electrons. The zero-order chi connectivity index (χ0) is 21.1. The largest absolute Gasteiger partial charge is 0.303 e. The van der Waals surface area contributed by atoms with Gasteiger partial charge in [0.1, 0.15) is 0 Å². The lowest BCUT2D eigenvalue weighted by atomic mass is 9.99. The number of likely N-dealkylation sites (tertiary alicyclic amines) is 1. The number of nitrogens with one attached hydrogen (secondary N) is 1. The van der Waals surface area contributed by atoms with Crippen LogP contribution in [-0.4, -0.2) is 50.9 Å². The standard InChI is InChI=1S/C23H30BrN3O2S/c1-26-13-2-3-22(26)10-12-25-30(28,29)23-9-6-19-11-14-27(17-20(19)15-23)16-18-4-7-21(24)8-5-18/h4-9,15,22,25H,2-3,10-14,16-17H2,1H3. The van der Waals surface area contributed by atoms with Crippen LogP contribution in [-0.2, 0) is 29.5 Å². The molecule has 1 N–H and O–H groups in total. The summed E-state index contributed by atoms with van der Waals surface area (Å²) in [6.45, 7) is 4.24. The van der Waals surface area contributed by atoms with Gasteiger partial charge >= 0.3 is 0 Å². The van der Waals surface area contributed by atoms with Crippen LogP contribution in [0.3, 0.4) is 0 Å². The molecule has 0 aromatic heterocycles. The third kappa shape index (κ3) is 5.32. The van der Waals surface area contributed by atoms with Crippen LogP contribution in [0.4, 0.5) is 0 Å². The summed E-state index contributed by atoms with van der Waals surface area (Å²) in [6.07, 6.45) is 4.18. The topological polar surface area (TPSA) is 52.7 Å². The predicted octanol–water partition coefficient (Wildman–Crippen LogP) is 3.77. The van der Waals surface area contributed by atoms with Crippen molar-refractivity contribution in [2.24, 2.45) is 0 Å². The van der Waals surface area contributed by atoms with Gasteiger partial charge in [-0.1, -0.05) is 34.1 Å². The molecule has 4 rings (SSSR count). The Balaban J connectivity index is 1.39. The maximum absolute atomic E-state index is 12.8. The second-order valence-electron chi connectivity index (χ2n) is 8.48. The highest BCUT2D eigenvalue weighted by Crippen LogP contribution is 2.24. The van der Waals surface area contributed by atoms with Crippen LogP contribution in [0.1, 0.15) is 36.0 Å². The molecule has 2 aliphatic rings. The van der Waals surface area contributed by atoms with Crippen molar-refractivity contribution in [3.05, 3.63) is 63.6 Å². The number of hydrogen-bond acceptors (Lipinski definition) is 4. The van der Waals surface area contributed by atoms with Crippen LogP contribution in [0, 0.1) is 0 Å². The van der Waals surface area contributed by atoms with E-state index in [9.17, 15) is 8.42 Å². The van der Waals surface area contributed by atoms with Crippen molar-refractivity contribution in [1.82, 2.24) is 14.5 Å². The smallest absolute Gasteiger partial charge is 0.240 e. The Labute approximate surface area is 188 Å². The van der Waals surface area contributed by atoms with Gasteiger partial charge in [-0.2, -0.15) is 0 Å². The predicted molar refractivity (Wildman–Crippen MR) is 124 cm³/mol. The number of halogens is 1. The lowest BCUT2D eigenvalue weighted by Gasteiger charge is -2.29. The molecular weight excluding hydrogens is 462 g/mol. The molecule has 0 aliphatic carbocycles. The lowest BCUT2D eigenvalue weighted by molar-refractivity contribution is 0.245. The monoisotopic (exact) mass is 491 g/mol. The Morgan fingerprint density at radius 1 is 1.10 bits per heavy atom. The van der Waals surface area contributed by atoms with Gasteiger partial charge in [-0.05, 0) is 80.2 Å². The summed E-state index contributed by atoms with van der Waals surface area (Å²) in [6, 6.07) is 14.5. The van der Waals surface area contributed by atoms with Gasteiger partial charge in [-0.15, -0.1) is 0 Å². The average molecular weight is 492 g/mol. The molecule has 5 nitrogen and oxygen atoms in total. The van der Waals surface area contributed by atoms with Gasteiger partial charge < -0.3 is 4.90 Å². The van der Waals surface area contributed by atoms with Crippen molar-refractivity contribution >= 4 is 26.0 Å². The molecule has 1 unspecified atom stereocenters. The van der Waals surface area contributed by atoms with Crippen molar-refractivity contribution in [3.8, 4) is 0 Å². The molecule has 7 heteroatoms. The number of sulfonamides is 1. The van der Waals surface area contributed by atoms with Crippen LogP contribution in [0.25, 0.3) is 0 Å². The van der Waals surface area contributed by atoms with Crippen molar-refractivity contribution < 1.29 is 8.42 Å². The molecule has 0 amide bonds. The summed E-state index contributed by atoms with van der Waals surface area (Å²) in [7, 11) is -1.36. The van der Waals surface area contributed by atoms with Crippen molar-refractivity contribution in [3.63, 3.8) is 0 Å². The zero-order valence-corrected chi connectivity index (χ0v) is 19.9. The fourth-order valence-corrected chi connectivity index (χ4v) is 5.89. The molecule has 2 aromatic carbocycles. The van der Waals surface area contributed by atoms with Crippen molar-refractivity contribution in [1.29, 1.82) is 0 Å². The van der Waals surface area contributed by atoms with Crippen LogP contribution in [0.15, 0.2) is 51.8 Å². The Hall–Kier alpha value is -1.25. The van der Waals surface area contributed by atoms with E-state index in [1.165, 1.54) is 17.5 Å². The molecule has 0 spiro atoms. The molecule has 30 heavy (non-hydrogen) atoms. The first-order valence-corrected chi connectivity index (χ1v) is 13.0. The summed E-state index contributed by atoms with van der Waals surface area (Å²) < 4.78 is 29.6. The van der Waals surface area contributed by atoms with Crippen LogP contribution >= 0.6 is 15.9 Å². The Morgan fingerprint density at radius 3 is 2.63 bits per heavy atom. The fraction of sp³-hybridized carbons (Fsp3) is 0.478. The normalized spacial score (nSPS) is 20.4. The molecule has 1 fully saturated rings. The minimum Gasteiger partial charge on any atom is -0.303 e. The first-order chi connectivity index (χ1) is 14.4. The molecule has 0 saturated carbocycles. The second kappa shape index (κ2) is 9.49. The summed E-state index contributed by atoms with van der Waals surface area (Å²) in [4.78, 5) is 5.09. The Bertz CT molecular complexity index is 978. The second-order valence-corrected chi connectivity index (χ2v) is 11.2. The van der Waals surface area contributed by atoms with Crippen LogP contribution < -0.4 is 4.72 Å². The van der Waals surface area contributed by atoms with E-state index in [4.69, 9.17) is 0 Å². The van der Waals surface area contributed by atoms with E-state index in [0.717, 1.165) is 55.5 Å². The highest BCUT2D eigenvalue weighted by molar-refractivity contribution is 9.10. The maximum atomic E-state index is 12.8. The minimum atomic E-state index is -3.48. The average Bonchev–Trinajstić information content (AvgIpc) is 3.14. The first-order valence-electron chi connectivity index (χ1n) is 10.7. The highest BCUT2D eigenvalue weighted by atomic mass is 79.9. The number of benzene rings is 2. The third-order valence-electron chi connectivity index (χ3n) is 6.34. The van der Waals surface area contributed by atoms with E-state index in [0.29, 0.717) is 17.5 Å². The zero-order valence-electron chi connectivity index (χ0n) is 17.5. The molecule has 2 aliphatic heterocycles. The van der Waals surface area contributed by atoms with Crippen LogP contribution in [0.5, 0.6) is 0 Å². The SMILES string of the molecule is CN1CCCC1CCNS(=O)(=O)c1ccc2c(c1)CN(Cc1ccc(Br)cc1)CC2. The van der Waals surface area contributed by atoms with E-state index < -0.39 is 10.0 Å². The molecule has 2 aromatic rings. The highest BCUT2D eigenvalue weighted by Gasteiger charge is 2.23. The van der Waals surface area contributed by atoms with Gasteiger partial charge in [0, 0.05) is 36.7 Å². The number of rotatable bonds is 7. The number of nitrogens with zero attached hydrogens (tertiary/aromatic N) is 2. The van der Waals surface area contributed by atoms with E-state index >= 15 is 0 Å². The minimum absolute atomic E-state index is 0.381. The lowest BCUT2D eigenvalue weighted by Crippen LogP contribution is -2.32. The number of fused-ring (bicyclic) bond motifs is 1. The van der Waals surface area contributed by atoms with Gasteiger partial charge in [0.2, 0.25) is 10.0 Å².